The maximum Gasteiger partial charge on any atom is 0.240 e. The molecule has 2 N–H and O–H groups in total. The van der Waals surface area contributed by atoms with Crippen LogP contribution in [0.25, 0.3) is 5.69 Å². The van der Waals surface area contributed by atoms with Crippen LogP contribution in [0.1, 0.15) is 61.0 Å². The zero-order chi connectivity index (χ0) is 16.6. The number of Topliss-reactive ketones (excluding diaryl/α,β-unsaturated/α-hetero) is 1. The summed E-state index contributed by atoms with van der Waals surface area (Å²) in [7, 11) is 0. The van der Waals surface area contributed by atoms with Gasteiger partial charge in [-0.05, 0) is 25.8 Å². The Morgan fingerprint density at radius 2 is 2.00 bits per heavy atom. The van der Waals surface area contributed by atoms with Crippen molar-refractivity contribution in [3.8, 4) is 17.3 Å². The summed E-state index contributed by atoms with van der Waals surface area (Å²) in [4.78, 5) is 16.1. The molecule has 1 aliphatic carbocycles. The minimum absolute atomic E-state index is 0.103. The lowest BCUT2D eigenvalue weighted by atomic mass is 9.85. The third-order valence-electron chi connectivity index (χ3n) is 4.49. The summed E-state index contributed by atoms with van der Waals surface area (Å²) in [6.07, 6.45) is 8.21. The number of nitrogens with zero attached hydrogens (tertiary/aromatic N) is 2. The number of hydrogen-bond donors (Lipinski definition) is 2. The molecule has 122 valence electrons. The van der Waals surface area contributed by atoms with Crippen LogP contribution < -0.4 is 0 Å². The highest BCUT2D eigenvalue weighted by atomic mass is 35.5. The quantitative estimate of drug-likeness (QED) is 0.825. The van der Waals surface area contributed by atoms with E-state index in [-0.39, 0.29) is 28.9 Å². The molecular formula is C17H19ClN2O3. The van der Waals surface area contributed by atoms with Crippen molar-refractivity contribution in [3.63, 3.8) is 0 Å². The Balaban J connectivity index is 2.28. The second-order valence-electron chi connectivity index (χ2n) is 5.99. The highest BCUT2D eigenvalue weighted by Crippen LogP contribution is 2.46. The largest absolute Gasteiger partial charge is 0.503 e. The molecule has 1 aliphatic rings. The first-order valence-electron chi connectivity index (χ1n) is 7.79. The Morgan fingerprint density at radius 3 is 2.61 bits per heavy atom. The van der Waals surface area contributed by atoms with Crippen LogP contribution in [0.3, 0.4) is 0 Å². The molecule has 6 heteroatoms. The fraction of sp³-hybridized carbons (Fsp3) is 0.412. The lowest BCUT2D eigenvalue weighted by Gasteiger charge is -2.24. The predicted molar refractivity (Wildman–Crippen MR) is 87.7 cm³/mol. The lowest BCUT2D eigenvalue weighted by molar-refractivity contribution is 0.101. The molecule has 0 aromatic carbocycles. The van der Waals surface area contributed by atoms with Crippen molar-refractivity contribution in [1.82, 2.24) is 9.55 Å². The molecule has 0 aliphatic heterocycles. The lowest BCUT2D eigenvalue weighted by Crippen LogP contribution is -2.13. The Bertz CT molecular complexity index is 749. The van der Waals surface area contributed by atoms with Gasteiger partial charge in [0.25, 0.3) is 0 Å². The van der Waals surface area contributed by atoms with E-state index in [0.717, 1.165) is 32.1 Å². The van der Waals surface area contributed by atoms with Crippen LogP contribution in [0.15, 0.2) is 18.5 Å². The molecule has 0 spiro atoms. The van der Waals surface area contributed by atoms with E-state index in [1.807, 2.05) is 0 Å². The average molecular weight is 335 g/mol. The first-order valence-corrected chi connectivity index (χ1v) is 8.17. The van der Waals surface area contributed by atoms with Gasteiger partial charge in [-0.2, -0.15) is 0 Å². The maximum atomic E-state index is 12.1. The van der Waals surface area contributed by atoms with E-state index < -0.39 is 0 Å². The van der Waals surface area contributed by atoms with E-state index in [1.165, 1.54) is 17.7 Å². The fourth-order valence-electron chi connectivity index (χ4n) is 3.45. The average Bonchev–Trinajstić information content (AvgIpc) is 2.81. The van der Waals surface area contributed by atoms with Crippen LogP contribution in [-0.4, -0.2) is 25.5 Å². The van der Waals surface area contributed by atoms with Crippen molar-refractivity contribution in [2.24, 2.45) is 0 Å². The number of halogens is 1. The van der Waals surface area contributed by atoms with E-state index in [1.54, 1.807) is 12.3 Å². The van der Waals surface area contributed by atoms with Crippen LogP contribution in [0.2, 0.25) is 5.02 Å². The summed E-state index contributed by atoms with van der Waals surface area (Å²) in [6, 6.07) is 1.62. The summed E-state index contributed by atoms with van der Waals surface area (Å²) in [5, 5.41) is 21.1. The predicted octanol–water partition coefficient (Wildman–Crippen LogP) is 4.19. The third kappa shape index (κ3) is 2.70. The highest BCUT2D eigenvalue weighted by Gasteiger charge is 2.32. The number of hydrogen-bond acceptors (Lipinski definition) is 4. The summed E-state index contributed by atoms with van der Waals surface area (Å²) in [6.45, 7) is 1.40. The van der Waals surface area contributed by atoms with E-state index in [2.05, 4.69) is 4.98 Å². The number of ketones is 1. The summed E-state index contributed by atoms with van der Waals surface area (Å²) < 4.78 is 1.48. The van der Waals surface area contributed by atoms with Crippen LogP contribution >= 0.6 is 11.6 Å². The zero-order valence-electron chi connectivity index (χ0n) is 12.9. The van der Waals surface area contributed by atoms with E-state index in [4.69, 9.17) is 11.6 Å². The van der Waals surface area contributed by atoms with Gasteiger partial charge in [-0.1, -0.05) is 30.9 Å². The van der Waals surface area contributed by atoms with Gasteiger partial charge in [-0.25, -0.2) is 0 Å². The molecule has 0 unspecified atom stereocenters. The van der Waals surface area contributed by atoms with Crippen LogP contribution in [0, 0.1) is 0 Å². The van der Waals surface area contributed by atoms with Gasteiger partial charge >= 0.3 is 0 Å². The van der Waals surface area contributed by atoms with Gasteiger partial charge in [-0.15, -0.1) is 0 Å². The minimum atomic E-state index is -0.377. The molecule has 0 bridgehead atoms. The van der Waals surface area contributed by atoms with Gasteiger partial charge in [0, 0.05) is 17.8 Å². The van der Waals surface area contributed by atoms with Crippen LogP contribution in [0.4, 0.5) is 0 Å². The maximum absolute atomic E-state index is 12.1. The van der Waals surface area contributed by atoms with Crippen molar-refractivity contribution < 1.29 is 15.0 Å². The molecule has 23 heavy (non-hydrogen) atoms. The Labute approximate surface area is 139 Å². The van der Waals surface area contributed by atoms with E-state index in [0.29, 0.717) is 16.4 Å². The first kappa shape index (κ1) is 15.9. The summed E-state index contributed by atoms with van der Waals surface area (Å²) in [5.74, 6) is -0.897. The van der Waals surface area contributed by atoms with Crippen LogP contribution in [0.5, 0.6) is 11.6 Å². The molecule has 1 saturated carbocycles. The van der Waals surface area contributed by atoms with Gasteiger partial charge in [0.2, 0.25) is 5.88 Å². The highest BCUT2D eigenvalue weighted by molar-refractivity contribution is 6.32. The van der Waals surface area contributed by atoms with Gasteiger partial charge in [0.05, 0.1) is 22.5 Å². The number of carbonyl (C=O) groups excluding carboxylic acids is 1. The topological polar surface area (TPSA) is 75.3 Å². The first-order chi connectivity index (χ1) is 11.0. The SMILES string of the molecule is CC(=O)c1c(O)c(O)n(-c2cnccc2Cl)c1C1CCCCC1. The van der Waals surface area contributed by atoms with Gasteiger partial charge in [0.15, 0.2) is 11.5 Å². The molecule has 0 atom stereocenters. The van der Waals surface area contributed by atoms with Crippen molar-refractivity contribution in [2.45, 2.75) is 44.9 Å². The zero-order valence-corrected chi connectivity index (χ0v) is 13.7. The van der Waals surface area contributed by atoms with Crippen molar-refractivity contribution in [3.05, 3.63) is 34.7 Å². The van der Waals surface area contributed by atoms with Crippen molar-refractivity contribution >= 4 is 17.4 Å². The Kier molecular flexibility index (Phi) is 4.31. The molecule has 0 amide bonds. The molecule has 5 nitrogen and oxygen atoms in total. The van der Waals surface area contributed by atoms with Crippen molar-refractivity contribution in [1.29, 1.82) is 0 Å². The number of rotatable bonds is 3. The molecule has 0 saturated heterocycles. The van der Waals surface area contributed by atoms with Crippen molar-refractivity contribution in [2.75, 3.05) is 0 Å². The molecule has 2 aromatic heterocycles. The third-order valence-corrected chi connectivity index (χ3v) is 4.81. The Morgan fingerprint density at radius 1 is 1.30 bits per heavy atom. The molecule has 0 radical (unpaired) electrons. The second-order valence-corrected chi connectivity index (χ2v) is 6.39. The van der Waals surface area contributed by atoms with E-state index >= 15 is 0 Å². The molecular weight excluding hydrogens is 316 g/mol. The second kappa shape index (κ2) is 6.24. The molecule has 2 heterocycles. The van der Waals surface area contributed by atoms with E-state index in [9.17, 15) is 15.0 Å². The van der Waals surface area contributed by atoms with Crippen LogP contribution in [-0.2, 0) is 0 Å². The Hall–Kier alpha value is -2.01. The standard InChI is InChI=1S/C17H19ClN2O3/c1-10(21)14-15(11-5-3-2-4-6-11)20(17(23)16(14)22)13-9-19-8-7-12(13)18/h7-9,11,22-23H,2-6H2,1H3. The number of carbonyl (C=O) groups is 1. The van der Waals surface area contributed by atoms with Gasteiger partial charge < -0.3 is 10.2 Å². The molecule has 3 rings (SSSR count). The number of aromatic nitrogens is 2. The minimum Gasteiger partial charge on any atom is -0.503 e. The number of pyridine rings is 1. The monoisotopic (exact) mass is 334 g/mol. The fourth-order valence-corrected chi connectivity index (χ4v) is 3.64. The molecule has 2 aromatic rings. The normalized spacial score (nSPS) is 15.7. The number of aromatic hydroxyl groups is 2. The molecule has 1 fully saturated rings. The summed E-state index contributed by atoms with van der Waals surface area (Å²) >= 11 is 6.24. The van der Waals surface area contributed by atoms with Gasteiger partial charge in [0.1, 0.15) is 0 Å². The summed E-state index contributed by atoms with van der Waals surface area (Å²) in [5.41, 5.74) is 1.30. The smallest absolute Gasteiger partial charge is 0.240 e. The van der Waals surface area contributed by atoms with Gasteiger partial charge in [-0.3, -0.25) is 14.3 Å².